The van der Waals surface area contributed by atoms with Crippen molar-refractivity contribution in [3.05, 3.63) is 12.2 Å². The molecule has 2 amide bonds. The fourth-order valence-corrected chi connectivity index (χ4v) is 2.12. The largest absolute Gasteiger partial charge is 0.406 e. The number of H-pyrrole nitrogens is 1. The van der Waals surface area contributed by atoms with E-state index in [-0.39, 0.29) is 19.5 Å². The lowest BCUT2D eigenvalue weighted by molar-refractivity contribution is -0.157. The summed E-state index contributed by atoms with van der Waals surface area (Å²) < 4.78 is 36.8. The monoisotopic (exact) mass is 305 g/mol. The van der Waals surface area contributed by atoms with Gasteiger partial charge >= 0.3 is 6.18 Å². The summed E-state index contributed by atoms with van der Waals surface area (Å²) in [5.41, 5.74) is 0. The van der Waals surface area contributed by atoms with Crippen molar-refractivity contribution >= 4 is 11.8 Å². The SMILES string of the molecule is O=C(NCCc1ncn[nH]1)C1CC(=O)N(CC(F)(F)F)C1. The Morgan fingerprint density at radius 3 is 2.90 bits per heavy atom. The van der Waals surface area contributed by atoms with Crippen molar-refractivity contribution in [2.24, 2.45) is 5.92 Å². The van der Waals surface area contributed by atoms with Crippen LogP contribution < -0.4 is 5.32 Å². The van der Waals surface area contributed by atoms with E-state index in [2.05, 4.69) is 20.5 Å². The fraction of sp³-hybridized carbons (Fsp3) is 0.636. The zero-order valence-corrected chi connectivity index (χ0v) is 11.0. The van der Waals surface area contributed by atoms with E-state index < -0.39 is 30.5 Å². The molecule has 1 unspecified atom stereocenters. The molecule has 1 aliphatic heterocycles. The number of alkyl halides is 3. The van der Waals surface area contributed by atoms with Crippen LogP contribution >= 0.6 is 0 Å². The lowest BCUT2D eigenvalue weighted by Crippen LogP contribution is -2.37. The van der Waals surface area contributed by atoms with E-state index in [4.69, 9.17) is 0 Å². The fourth-order valence-electron chi connectivity index (χ4n) is 2.12. The summed E-state index contributed by atoms with van der Waals surface area (Å²) in [5, 5.41) is 8.85. The molecule has 0 bridgehead atoms. The van der Waals surface area contributed by atoms with Crippen LogP contribution in [0.4, 0.5) is 13.2 Å². The number of amides is 2. The first-order chi connectivity index (χ1) is 9.85. The van der Waals surface area contributed by atoms with E-state index in [1.165, 1.54) is 6.33 Å². The van der Waals surface area contributed by atoms with E-state index in [0.717, 1.165) is 0 Å². The molecule has 1 aromatic heterocycles. The molecule has 10 heteroatoms. The normalized spacial score (nSPS) is 19.1. The third-order valence-electron chi connectivity index (χ3n) is 3.08. The van der Waals surface area contributed by atoms with Crippen LogP contribution in [0.2, 0.25) is 0 Å². The van der Waals surface area contributed by atoms with Gasteiger partial charge < -0.3 is 10.2 Å². The van der Waals surface area contributed by atoms with Gasteiger partial charge in [0.15, 0.2) is 0 Å². The Kier molecular flexibility index (Phi) is 4.43. The van der Waals surface area contributed by atoms with E-state index in [9.17, 15) is 22.8 Å². The average molecular weight is 305 g/mol. The average Bonchev–Trinajstić information content (AvgIpc) is 2.98. The quantitative estimate of drug-likeness (QED) is 0.793. The lowest BCUT2D eigenvalue weighted by atomic mass is 10.1. The zero-order chi connectivity index (χ0) is 15.5. The highest BCUT2D eigenvalue weighted by Crippen LogP contribution is 2.23. The van der Waals surface area contributed by atoms with Gasteiger partial charge in [0, 0.05) is 25.9 Å². The summed E-state index contributed by atoms with van der Waals surface area (Å²) in [6.07, 6.45) is -2.88. The van der Waals surface area contributed by atoms with E-state index >= 15 is 0 Å². The van der Waals surface area contributed by atoms with Crippen LogP contribution in [0.5, 0.6) is 0 Å². The van der Waals surface area contributed by atoms with Crippen LogP contribution in [0.15, 0.2) is 6.33 Å². The second kappa shape index (κ2) is 6.10. The maximum Gasteiger partial charge on any atom is 0.406 e. The zero-order valence-electron chi connectivity index (χ0n) is 11.0. The molecule has 1 aromatic rings. The van der Waals surface area contributed by atoms with Gasteiger partial charge in [-0.15, -0.1) is 0 Å². The van der Waals surface area contributed by atoms with Crippen molar-refractivity contribution in [2.45, 2.75) is 19.0 Å². The predicted molar refractivity (Wildman–Crippen MR) is 63.8 cm³/mol. The number of aromatic amines is 1. The number of carbonyl (C=O) groups excluding carboxylic acids is 2. The summed E-state index contributed by atoms with van der Waals surface area (Å²) in [6.45, 7) is -1.24. The van der Waals surface area contributed by atoms with E-state index in [1.54, 1.807) is 0 Å². The Bertz CT molecular complexity index is 502. The Hall–Kier alpha value is -2.13. The van der Waals surface area contributed by atoms with Gasteiger partial charge in [-0.25, -0.2) is 4.98 Å². The summed E-state index contributed by atoms with van der Waals surface area (Å²) in [5.74, 6) is -1.22. The number of halogens is 3. The number of aromatic nitrogens is 3. The van der Waals surface area contributed by atoms with Gasteiger partial charge in [-0.05, 0) is 0 Å². The third kappa shape index (κ3) is 4.43. The Morgan fingerprint density at radius 1 is 1.52 bits per heavy atom. The van der Waals surface area contributed by atoms with Gasteiger partial charge in [0.05, 0.1) is 5.92 Å². The molecule has 1 aliphatic rings. The first-order valence-electron chi connectivity index (χ1n) is 6.31. The standard InChI is InChI=1S/C11H14F3N5O2/c12-11(13,14)5-19-4-7(3-9(19)20)10(21)15-2-1-8-16-6-17-18-8/h6-7H,1-5H2,(H,15,21)(H,16,17,18). The molecule has 2 rings (SSSR count). The summed E-state index contributed by atoms with van der Waals surface area (Å²) in [6, 6.07) is 0. The first kappa shape index (κ1) is 15.3. The van der Waals surface area contributed by atoms with Gasteiger partial charge in [-0.2, -0.15) is 18.3 Å². The number of hydrogen-bond acceptors (Lipinski definition) is 4. The molecular weight excluding hydrogens is 291 g/mol. The highest BCUT2D eigenvalue weighted by molar-refractivity contribution is 5.89. The first-order valence-corrected chi connectivity index (χ1v) is 6.31. The lowest BCUT2D eigenvalue weighted by Gasteiger charge is -2.18. The molecule has 0 aromatic carbocycles. The van der Waals surface area contributed by atoms with Crippen LogP contribution in [0.1, 0.15) is 12.2 Å². The van der Waals surface area contributed by atoms with Crippen LogP contribution in [-0.2, 0) is 16.0 Å². The smallest absolute Gasteiger partial charge is 0.355 e. The number of rotatable bonds is 5. The Labute approximate surface area is 117 Å². The minimum absolute atomic E-state index is 0.190. The molecule has 0 saturated carbocycles. The number of likely N-dealkylation sites (tertiary alicyclic amines) is 1. The Balaban J connectivity index is 1.77. The van der Waals surface area contributed by atoms with Crippen molar-refractivity contribution in [1.82, 2.24) is 25.4 Å². The van der Waals surface area contributed by atoms with Gasteiger partial charge in [-0.3, -0.25) is 14.7 Å². The highest BCUT2D eigenvalue weighted by atomic mass is 19.4. The topological polar surface area (TPSA) is 91.0 Å². The van der Waals surface area contributed by atoms with Crippen molar-refractivity contribution in [2.75, 3.05) is 19.6 Å². The molecule has 0 radical (unpaired) electrons. The van der Waals surface area contributed by atoms with Crippen molar-refractivity contribution in [1.29, 1.82) is 0 Å². The van der Waals surface area contributed by atoms with E-state index in [0.29, 0.717) is 17.1 Å². The minimum Gasteiger partial charge on any atom is -0.355 e. The van der Waals surface area contributed by atoms with Gasteiger partial charge in [0.2, 0.25) is 11.8 Å². The van der Waals surface area contributed by atoms with Crippen LogP contribution in [0, 0.1) is 5.92 Å². The van der Waals surface area contributed by atoms with Crippen LogP contribution in [0.25, 0.3) is 0 Å². The highest BCUT2D eigenvalue weighted by Gasteiger charge is 2.40. The minimum atomic E-state index is -4.45. The molecular formula is C11H14F3N5O2. The molecule has 0 spiro atoms. The molecule has 2 N–H and O–H groups in total. The predicted octanol–water partition coefficient (Wildman–Crippen LogP) is -0.126. The summed E-state index contributed by atoms with van der Waals surface area (Å²) in [4.78, 5) is 27.8. The van der Waals surface area contributed by atoms with Gasteiger partial charge in [0.1, 0.15) is 18.7 Å². The maximum atomic E-state index is 12.3. The summed E-state index contributed by atoms with van der Waals surface area (Å²) >= 11 is 0. The second-order valence-electron chi connectivity index (χ2n) is 4.76. The second-order valence-corrected chi connectivity index (χ2v) is 4.76. The molecule has 1 atom stereocenters. The molecule has 1 fully saturated rings. The van der Waals surface area contributed by atoms with Crippen LogP contribution in [-0.4, -0.2) is 57.7 Å². The molecule has 0 aliphatic carbocycles. The Morgan fingerprint density at radius 2 is 2.29 bits per heavy atom. The molecule has 7 nitrogen and oxygen atoms in total. The van der Waals surface area contributed by atoms with E-state index in [1.807, 2.05) is 0 Å². The molecule has 21 heavy (non-hydrogen) atoms. The van der Waals surface area contributed by atoms with Crippen molar-refractivity contribution in [3.63, 3.8) is 0 Å². The van der Waals surface area contributed by atoms with Crippen molar-refractivity contribution < 1.29 is 22.8 Å². The van der Waals surface area contributed by atoms with Crippen molar-refractivity contribution in [3.8, 4) is 0 Å². The van der Waals surface area contributed by atoms with Gasteiger partial charge in [-0.1, -0.05) is 0 Å². The number of nitrogens with zero attached hydrogens (tertiary/aromatic N) is 3. The number of carbonyl (C=O) groups is 2. The maximum absolute atomic E-state index is 12.3. The van der Waals surface area contributed by atoms with Gasteiger partial charge in [0.25, 0.3) is 0 Å². The summed E-state index contributed by atoms with van der Waals surface area (Å²) in [7, 11) is 0. The molecule has 116 valence electrons. The molecule has 1 saturated heterocycles. The van der Waals surface area contributed by atoms with Crippen LogP contribution in [0.3, 0.4) is 0 Å². The number of hydrogen-bond donors (Lipinski definition) is 2. The number of nitrogens with one attached hydrogen (secondary N) is 2. The third-order valence-corrected chi connectivity index (χ3v) is 3.08. The molecule has 2 heterocycles.